The fraction of sp³-hybridized carbons (Fsp3) is 0.533. The molecule has 1 saturated carbocycles. The summed E-state index contributed by atoms with van der Waals surface area (Å²) in [6, 6.07) is 6.82. The van der Waals surface area contributed by atoms with Gasteiger partial charge in [0.2, 0.25) is 0 Å². The number of amides is 1. The van der Waals surface area contributed by atoms with Crippen molar-refractivity contribution in [3.63, 3.8) is 0 Å². The van der Waals surface area contributed by atoms with E-state index in [1.165, 1.54) is 0 Å². The van der Waals surface area contributed by atoms with Crippen LogP contribution in [-0.4, -0.2) is 30.8 Å². The lowest BCUT2D eigenvalue weighted by molar-refractivity contribution is -0.137. The van der Waals surface area contributed by atoms with Crippen molar-refractivity contribution in [1.29, 1.82) is 0 Å². The molecular weight excluding hydrogens is 258 g/mol. The van der Waals surface area contributed by atoms with E-state index in [-0.39, 0.29) is 11.7 Å². The number of rotatable bonds is 5. The van der Waals surface area contributed by atoms with E-state index in [0.29, 0.717) is 19.1 Å². The number of aromatic hydroxyl groups is 1. The first-order valence-electron chi connectivity index (χ1n) is 7.00. The predicted molar refractivity (Wildman–Crippen MR) is 72.0 cm³/mol. The SMILES string of the molecule is O=C(NOCC1CCOC1)C1(c2ccc(O)cc2)CC1. The van der Waals surface area contributed by atoms with Crippen LogP contribution < -0.4 is 5.48 Å². The highest BCUT2D eigenvalue weighted by atomic mass is 16.7. The maximum Gasteiger partial charge on any atom is 0.254 e. The first-order chi connectivity index (χ1) is 9.71. The first kappa shape index (κ1) is 13.4. The molecule has 0 bridgehead atoms. The van der Waals surface area contributed by atoms with Crippen LogP contribution in [0.5, 0.6) is 5.75 Å². The van der Waals surface area contributed by atoms with Gasteiger partial charge in [-0.25, -0.2) is 5.48 Å². The second kappa shape index (κ2) is 5.42. The highest BCUT2D eigenvalue weighted by Gasteiger charge is 2.51. The highest BCUT2D eigenvalue weighted by molar-refractivity contribution is 5.90. The zero-order valence-corrected chi connectivity index (χ0v) is 11.3. The lowest BCUT2D eigenvalue weighted by Gasteiger charge is -2.16. The van der Waals surface area contributed by atoms with Crippen LogP contribution in [0.15, 0.2) is 24.3 Å². The molecule has 2 aliphatic rings. The van der Waals surface area contributed by atoms with E-state index in [1.54, 1.807) is 24.3 Å². The molecule has 2 fully saturated rings. The maximum atomic E-state index is 12.3. The second-order valence-corrected chi connectivity index (χ2v) is 5.60. The number of carbonyl (C=O) groups excluding carboxylic acids is 1. The fourth-order valence-corrected chi connectivity index (χ4v) is 2.59. The molecule has 1 aliphatic carbocycles. The van der Waals surface area contributed by atoms with Gasteiger partial charge >= 0.3 is 0 Å². The molecule has 1 atom stereocenters. The summed E-state index contributed by atoms with van der Waals surface area (Å²) in [6.45, 7) is 1.98. The summed E-state index contributed by atoms with van der Waals surface area (Å²) in [7, 11) is 0. The average Bonchev–Trinajstić information content (AvgIpc) is 3.10. The maximum absolute atomic E-state index is 12.3. The van der Waals surface area contributed by atoms with Crippen LogP contribution in [0.25, 0.3) is 0 Å². The highest BCUT2D eigenvalue weighted by Crippen LogP contribution is 2.48. The molecule has 20 heavy (non-hydrogen) atoms. The molecular formula is C15H19NO4. The largest absolute Gasteiger partial charge is 0.508 e. The first-order valence-corrected chi connectivity index (χ1v) is 7.00. The van der Waals surface area contributed by atoms with Crippen molar-refractivity contribution in [3.8, 4) is 5.75 Å². The number of phenols is 1. The van der Waals surface area contributed by atoms with Gasteiger partial charge in [-0.3, -0.25) is 9.63 Å². The number of hydroxylamine groups is 1. The molecule has 1 heterocycles. The molecule has 5 heteroatoms. The van der Waals surface area contributed by atoms with Crippen molar-refractivity contribution in [2.24, 2.45) is 5.92 Å². The van der Waals surface area contributed by atoms with Crippen LogP contribution >= 0.6 is 0 Å². The predicted octanol–water partition coefficient (Wildman–Crippen LogP) is 1.51. The Morgan fingerprint density at radius 3 is 2.75 bits per heavy atom. The third-order valence-electron chi connectivity index (χ3n) is 4.11. The second-order valence-electron chi connectivity index (χ2n) is 5.60. The number of nitrogens with one attached hydrogen (secondary N) is 1. The van der Waals surface area contributed by atoms with Gasteiger partial charge in [-0.1, -0.05) is 12.1 Å². The minimum atomic E-state index is -0.472. The standard InChI is InChI=1S/C15H19NO4/c17-13-3-1-12(2-4-13)15(6-7-15)14(18)16-20-10-11-5-8-19-9-11/h1-4,11,17H,5-10H2,(H,16,18). The van der Waals surface area contributed by atoms with Crippen molar-refractivity contribution in [3.05, 3.63) is 29.8 Å². The molecule has 1 amide bonds. The summed E-state index contributed by atoms with van der Waals surface area (Å²) in [5.74, 6) is 0.490. The molecule has 1 aromatic rings. The van der Waals surface area contributed by atoms with Gasteiger partial charge in [-0.15, -0.1) is 0 Å². The van der Waals surface area contributed by atoms with E-state index in [4.69, 9.17) is 9.57 Å². The molecule has 0 radical (unpaired) electrons. The van der Waals surface area contributed by atoms with Gasteiger partial charge < -0.3 is 9.84 Å². The van der Waals surface area contributed by atoms with Crippen molar-refractivity contribution in [1.82, 2.24) is 5.48 Å². The Kier molecular flexibility index (Phi) is 3.63. The summed E-state index contributed by atoms with van der Waals surface area (Å²) >= 11 is 0. The van der Waals surface area contributed by atoms with Crippen LogP contribution in [0.1, 0.15) is 24.8 Å². The number of carbonyl (C=O) groups is 1. The summed E-state index contributed by atoms with van der Waals surface area (Å²) < 4.78 is 5.26. The quantitative estimate of drug-likeness (QED) is 0.801. The molecule has 0 spiro atoms. The minimum Gasteiger partial charge on any atom is -0.508 e. The van der Waals surface area contributed by atoms with Crippen molar-refractivity contribution in [2.45, 2.75) is 24.7 Å². The average molecular weight is 277 g/mol. The lowest BCUT2D eigenvalue weighted by atomic mass is 9.95. The van der Waals surface area contributed by atoms with Gasteiger partial charge in [0, 0.05) is 12.5 Å². The summed E-state index contributed by atoms with van der Waals surface area (Å²) in [6.07, 6.45) is 2.62. The number of ether oxygens (including phenoxy) is 1. The van der Waals surface area contributed by atoms with E-state index in [2.05, 4.69) is 5.48 Å². The van der Waals surface area contributed by atoms with Crippen molar-refractivity contribution in [2.75, 3.05) is 19.8 Å². The van der Waals surface area contributed by atoms with Crippen LogP contribution in [0, 0.1) is 5.92 Å². The van der Waals surface area contributed by atoms with Gasteiger partial charge in [0.25, 0.3) is 5.91 Å². The van der Waals surface area contributed by atoms with Crippen LogP contribution in [0.4, 0.5) is 0 Å². The number of hydrogen-bond donors (Lipinski definition) is 2. The number of benzene rings is 1. The fourth-order valence-electron chi connectivity index (χ4n) is 2.59. The molecule has 2 N–H and O–H groups in total. The van der Waals surface area contributed by atoms with E-state index in [9.17, 15) is 9.90 Å². The molecule has 0 aromatic heterocycles. The van der Waals surface area contributed by atoms with Gasteiger partial charge in [0.1, 0.15) is 5.75 Å². The Labute approximate surface area is 117 Å². The zero-order valence-electron chi connectivity index (χ0n) is 11.3. The zero-order chi connectivity index (χ0) is 14.0. The molecule has 1 unspecified atom stereocenters. The Morgan fingerprint density at radius 1 is 1.40 bits per heavy atom. The van der Waals surface area contributed by atoms with Gasteiger partial charge in [-0.2, -0.15) is 0 Å². The third-order valence-corrected chi connectivity index (χ3v) is 4.11. The Hall–Kier alpha value is -1.59. The summed E-state index contributed by atoms with van der Waals surface area (Å²) in [4.78, 5) is 17.6. The Morgan fingerprint density at radius 2 is 2.15 bits per heavy atom. The van der Waals surface area contributed by atoms with E-state index in [0.717, 1.165) is 31.4 Å². The summed E-state index contributed by atoms with van der Waals surface area (Å²) in [5.41, 5.74) is 3.03. The molecule has 3 rings (SSSR count). The summed E-state index contributed by atoms with van der Waals surface area (Å²) in [5, 5.41) is 9.31. The molecule has 1 saturated heterocycles. The third kappa shape index (κ3) is 2.64. The number of phenolic OH excluding ortho intramolecular Hbond substituents is 1. The van der Waals surface area contributed by atoms with Crippen LogP contribution in [0.3, 0.4) is 0 Å². The lowest BCUT2D eigenvalue weighted by Crippen LogP contribution is -2.36. The van der Waals surface area contributed by atoms with Gasteiger partial charge in [-0.05, 0) is 37.0 Å². The van der Waals surface area contributed by atoms with Gasteiger partial charge in [0.15, 0.2) is 0 Å². The number of hydrogen-bond acceptors (Lipinski definition) is 4. The minimum absolute atomic E-state index is 0.0953. The van der Waals surface area contributed by atoms with Gasteiger partial charge in [0.05, 0.1) is 18.6 Å². The molecule has 108 valence electrons. The Bertz CT molecular complexity index is 475. The molecule has 1 aromatic carbocycles. The molecule has 5 nitrogen and oxygen atoms in total. The van der Waals surface area contributed by atoms with E-state index >= 15 is 0 Å². The van der Waals surface area contributed by atoms with Crippen molar-refractivity contribution < 1.29 is 19.5 Å². The molecule has 1 aliphatic heterocycles. The smallest absolute Gasteiger partial charge is 0.254 e. The van der Waals surface area contributed by atoms with Crippen LogP contribution in [-0.2, 0) is 19.8 Å². The Balaban J connectivity index is 1.54. The van der Waals surface area contributed by atoms with E-state index in [1.807, 2.05) is 0 Å². The monoisotopic (exact) mass is 277 g/mol. The normalized spacial score (nSPS) is 23.5. The van der Waals surface area contributed by atoms with Crippen LogP contribution in [0.2, 0.25) is 0 Å². The van der Waals surface area contributed by atoms with Crippen molar-refractivity contribution >= 4 is 5.91 Å². The topological polar surface area (TPSA) is 67.8 Å². The van der Waals surface area contributed by atoms with E-state index < -0.39 is 5.41 Å².